The number of nitrogens with zero attached hydrogens (tertiary/aromatic N) is 1. The number of carbonyl (C=O) groups is 1. The molecule has 8 heteroatoms. The number of thiazole rings is 1. The molecule has 31 heavy (non-hydrogen) atoms. The third-order valence-electron chi connectivity index (χ3n) is 4.46. The summed E-state index contributed by atoms with van der Waals surface area (Å²) in [5, 5.41) is 6.01. The molecule has 4 rings (SSSR count). The smallest absolute Gasteiger partial charge is 0.322 e. The number of anilines is 1. The lowest BCUT2D eigenvalue weighted by Crippen LogP contribution is -2.13. The van der Waals surface area contributed by atoms with Crippen molar-refractivity contribution in [2.45, 2.75) is 6.18 Å². The quantitative estimate of drug-likeness (QED) is 0.346. The molecule has 0 bridgehead atoms. The first-order valence-electron chi connectivity index (χ1n) is 9.10. The van der Waals surface area contributed by atoms with Crippen molar-refractivity contribution in [3.05, 3.63) is 94.3 Å². The molecule has 0 aliphatic rings. The zero-order chi connectivity index (χ0) is 22.0. The number of amides is 1. The Kier molecular flexibility index (Phi) is 5.80. The third-order valence-corrected chi connectivity index (χ3v) is 5.61. The fraction of sp³-hybridized carbons (Fsp3) is 0.0435. The van der Waals surface area contributed by atoms with Crippen molar-refractivity contribution in [2.24, 2.45) is 0 Å². The maximum atomic E-state index is 12.9. The van der Waals surface area contributed by atoms with Crippen molar-refractivity contribution in [1.82, 2.24) is 4.98 Å². The molecule has 0 unspecified atom stereocenters. The summed E-state index contributed by atoms with van der Waals surface area (Å²) in [6.07, 6.45) is -4.51. The van der Waals surface area contributed by atoms with E-state index in [1.54, 1.807) is 30.3 Å². The molecule has 0 saturated heterocycles. The van der Waals surface area contributed by atoms with Gasteiger partial charge in [-0.25, -0.2) is 4.98 Å². The molecule has 0 aliphatic heterocycles. The van der Waals surface area contributed by atoms with Gasteiger partial charge in [-0.05, 0) is 42.5 Å². The first-order valence-corrected chi connectivity index (χ1v) is 10.4. The van der Waals surface area contributed by atoms with Crippen LogP contribution in [0.25, 0.3) is 21.8 Å². The number of aromatic nitrogens is 1. The summed E-state index contributed by atoms with van der Waals surface area (Å²) in [5.74, 6) is -0.622. The highest BCUT2D eigenvalue weighted by molar-refractivity contribution is 7.13. The third kappa shape index (κ3) is 4.95. The second-order valence-electron chi connectivity index (χ2n) is 6.66. The van der Waals surface area contributed by atoms with Crippen LogP contribution >= 0.6 is 22.9 Å². The van der Waals surface area contributed by atoms with E-state index in [1.165, 1.54) is 23.5 Å². The van der Waals surface area contributed by atoms with Crippen LogP contribution in [-0.2, 0) is 6.18 Å². The summed E-state index contributed by atoms with van der Waals surface area (Å²) in [6.45, 7) is 0. The summed E-state index contributed by atoms with van der Waals surface area (Å²) in [6, 6.07) is 18.7. The predicted molar refractivity (Wildman–Crippen MR) is 117 cm³/mol. The predicted octanol–water partition coefficient (Wildman–Crippen LogP) is 7.40. The molecule has 156 valence electrons. The van der Waals surface area contributed by atoms with Crippen molar-refractivity contribution in [3.63, 3.8) is 0 Å². The largest absolute Gasteiger partial charge is 0.416 e. The first-order chi connectivity index (χ1) is 14.8. The van der Waals surface area contributed by atoms with E-state index in [2.05, 4.69) is 10.3 Å². The molecule has 1 aromatic heterocycles. The van der Waals surface area contributed by atoms with Crippen LogP contribution < -0.4 is 5.32 Å². The molecule has 4 aromatic rings. The highest BCUT2D eigenvalue weighted by atomic mass is 35.5. The molecule has 0 saturated carbocycles. The molecular weight excluding hydrogens is 445 g/mol. The van der Waals surface area contributed by atoms with Gasteiger partial charge in [-0.2, -0.15) is 13.2 Å². The van der Waals surface area contributed by atoms with Gasteiger partial charge in [0.25, 0.3) is 5.91 Å². The van der Waals surface area contributed by atoms with Gasteiger partial charge in [0.15, 0.2) is 0 Å². The molecule has 0 radical (unpaired) electrons. The van der Waals surface area contributed by atoms with Crippen molar-refractivity contribution >= 4 is 34.5 Å². The Morgan fingerprint density at radius 2 is 1.68 bits per heavy atom. The zero-order valence-corrected chi connectivity index (χ0v) is 17.4. The minimum Gasteiger partial charge on any atom is -0.322 e. The van der Waals surface area contributed by atoms with Crippen molar-refractivity contribution in [3.8, 4) is 21.8 Å². The molecule has 3 nitrogen and oxygen atoms in total. The van der Waals surface area contributed by atoms with E-state index in [0.29, 0.717) is 10.7 Å². The SMILES string of the molecule is O=C(Nc1cccc(-c2csc(-c3ccc(Cl)cc3)n2)c1)c1cccc(C(F)(F)F)c1. The first kappa shape index (κ1) is 21.1. The Bertz CT molecular complexity index is 1240. The van der Waals surface area contributed by atoms with Crippen LogP contribution in [0.15, 0.2) is 78.2 Å². The van der Waals surface area contributed by atoms with Gasteiger partial charge in [-0.1, -0.05) is 41.9 Å². The van der Waals surface area contributed by atoms with Gasteiger partial charge in [0.2, 0.25) is 0 Å². The summed E-state index contributed by atoms with van der Waals surface area (Å²) >= 11 is 7.40. The van der Waals surface area contributed by atoms with E-state index < -0.39 is 17.6 Å². The molecule has 1 amide bonds. The van der Waals surface area contributed by atoms with Crippen molar-refractivity contribution < 1.29 is 18.0 Å². The maximum Gasteiger partial charge on any atom is 0.416 e. The summed E-state index contributed by atoms with van der Waals surface area (Å²) in [5.41, 5.74) is 1.96. The highest BCUT2D eigenvalue weighted by Crippen LogP contribution is 2.31. The zero-order valence-electron chi connectivity index (χ0n) is 15.8. The fourth-order valence-electron chi connectivity index (χ4n) is 2.93. The normalized spacial score (nSPS) is 11.4. The number of carbonyl (C=O) groups excluding carboxylic acids is 1. The van der Waals surface area contributed by atoms with Crippen LogP contribution in [-0.4, -0.2) is 10.9 Å². The number of alkyl halides is 3. The molecule has 1 N–H and O–H groups in total. The van der Waals surface area contributed by atoms with E-state index >= 15 is 0 Å². The van der Waals surface area contributed by atoms with Gasteiger partial charge >= 0.3 is 6.18 Å². The second-order valence-corrected chi connectivity index (χ2v) is 7.95. The molecule has 0 atom stereocenters. The van der Waals surface area contributed by atoms with Crippen LogP contribution in [0.3, 0.4) is 0 Å². The van der Waals surface area contributed by atoms with E-state index in [-0.39, 0.29) is 5.56 Å². The monoisotopic (exact) mass is 458 g/mol. The van der Waals surface area contributed by atoms with E-state index in [1.807, 2.05) is 23.6 Å². The van der Waals surface area contributed by atoms with Crippen LogP contribution in [0, 0.1) is 0 Å². The van der Waals surface area contributed by atoms with Gasteiger partial charge in [0, 0.05) is 32.8 Å². The number of rotatable bonds is 4. The van der Waals surface area contributed by atoms with Crippen molar-refractivity contribution in [1.29, 1.82) is 0 Å². The Labute approximate surface area is 185 Å². The van der Waals surface area contributed by atoms with Crippen LogP contribution in [0.5, 0.6) is 0 Å². The molecule has 0 fully saturated rings. The number of hydrogen-bond acceptors (Lipinski definition) is 3. The Hall–Kier alpha value is -3.16. The van der Waals surface area contributed by atoms with Crippen LogP contribution in [0.2, 0.25) is 5.02 Å². The van der Waals surface area contributed by atoms with Crippen LogP contribution in [0.4, 0.5) is 18.9 Å². The number of hydrogen-bond donors (Lipinski definition) is 1. The summed E-state index contributed by atoms with van der Waals surface area (Å²) in [4.78, 5) is 17.1. The number of halogens is 4. The highest BCUT2D eigenvalue weighted by Gasteiger charge is 2.30. The average Bonchev–Trinajstić information content (AvgIpc) is 3.24. The van der Waals surface area contributed by atoms with Gasteiger partial charge in [-0.3, -0.25) is 4.79 Å². The van der Waals surface area contributed by atoms with E-state index in [4.69, 9.17) is 11.6 Å². The second kappa shape index (κ2) is 8.53. The van der Waals surface area contributed by atoms with Gasteiger partial charge < -0.3 is 5.32 Å². The van der Waals surface area contributed by atoms with Crippen LogP contribution in [0.1, 0.15) is 15.9 Å². The maximum absolute atomic E-state index is 12.9. The number of benzene rings is 3. The summed E-state index contributed by atoms with van der Waals surface area (Å²) in [7, 11) is 0. The Balaban J connectivity index is 1.54. The molecule has 0 aliphatic carbocycles. The lowest BCUT2D eigenvalue weighted by molar-refractivity contribution is -0.137. The van der Waals surface area contributed by atoms with E-state index in [0.717, 1.165) is 34.0 Å². The van der Waals surface area contributed by atoms with Gasteiger partial charge in [0.05, 0.1) is 11.3 Å². The molecule has 1 heterocycles. The Morgan fingerprint density at radius 3 is 2.42 bits per heavy atom. The number of nitrogens with one attached hydrogen (secondary N) is 1. The lowest BCUT2D eigenvalue weighted by Gasteiger charge is -2.10. The molecule has 3 aromatic carbocycles. The van der Waals surface area contributed by atoms with Gasteiger partial charge in [0.1, 0.15) is 5.01 Å². The topological polar surface area (TPSA) is 42.0 Å². The summed E-state index contributed by atoms with van der Waals surface area (Å²) < 4.78 is 38.7. The fourth-order valence-corrected chi connectivity index (χ4v) is 3.89. The molecule has 0 spiro atoms. The average molecular weight is 459 g/mol. The minimum atomic E-state index is -4.51. The molecular formula is C23H14ClF3N2OS. The van der Waals surface area contributed by atoms with Gasteiger partial charge in [-0.15, -0.1) is 11.3 Å². The standard InChI is InChI=1S/C23H14ClF3N2OS/c24-18-9-7-14(8-10-18)22-29-20(13-31-22)15-3-2-6-19(12-15)28-21(30)16-4-1-5-17(11-16)23(25,26)27/h1-13H,(H,28,30). The minimum absolute atomic E-state index is 0.0705. The Morgan fingerprint density at radius 1 is 0.935 bits per heavy atom. The van der Waals surface area contributed by atoms with E-state index in [9.17, 15) is 18.0 Å². The lowest BCUT2D eigenvalue weighted by atomic mass is 10.1. The van der Waals surface area contributed by atoms with Crippen molar-refractivity contribution in [2.75, 3.05) is 5.32 Å².